The summed E-state index contributed by atoms with van der Waals surface area (Å²) >= 11 is 1.48. The average Bonchev–Trinajstić information content (AvgIpc) is 2.92. The van der Waals surface area contributed by atoms with E-state index < -0.39 is 0 Å². The van der Waals surface area contributed by atoms with Gasteiger partial charge >= 0.3 is 0 Å². The molecule has 0 saturated heterocycles. The van der Waals surface area contributed by atoms with Crippen LogP contribution in [0.5, 0.6) is 0 Å². The lowest BCUT2D eigenvalue weighted by molar-refractivity contribution is -0.115. The molecule has 0 radical (unpaired) electrons. The van der Waals surface area contributed by atoms with Crippen LogP contribution in [0.15, 0.2) is 113 Å². The second-order valence-corrected chi connectivity index (χ2v) is 9.75. The zero-order valence-electron chi connectivity index (χ0n) is 19.9. The maximum atomic E-state index is 12.9. The summed E-state index contributed by atoms with van der Waals surface area (Å²) in [6, 6.07) is 30.7. The van der Waals surface area contributed by atoms with Gasteiger partial charge in [-0.15, -0.1) is 0 Å². The Balaban J connectivity index is 1.42. The first-order valence-corrected chi connectivity index (χ1v) is 13.0. The molecule has 0 spiro atoms. The van der Waals surface area contributed by atoms with Gasteiger partial charge in [0.05, 0.1) is 5.75 Å². The van der Waals surface area contributed by atoms with Crippen molar-refractivity contribution in [2.24, 2.45) is 4.99 Å². The number of nitrogens with zero attached hydrogens (tertiary/aromatic N) is 2. The Morgan fingerprint density at radius 3 is 2.34 bits per heavy atom. The Morgan fingerprint density at radius 2 is 1.63 bits per heavy atom. The van der Waals surface area contributed by atoms with Crippen molar-refractivity contribution in [3.63, 3.8) is 0 Å². The van der Waals surface area contributed by atoms with Crippen LogP contribution < -0.4 is 10.2 Å². The number of allylic oxidation sites excluding steroid dienone is 1. The minimum atomic E-state index is -0.0311. The van der Waals surface area contributed by atoms with Crippen molar-refractivity contribution >= 4 is 34.6 Å². The molecule has 1 N–H and O–H groups in total. The van der Waals surface area contributed by atoms with Crippen molar-refractivity contribution < 1.29 is 4.79 Å². The van der Waals surface area contributed by atoms with Gasteiger partial charge in [-0.1, -0.05) is 90.6 Å². The summed E-state index contributed by atoms with van der Waals surface area (Å²) in [4.78, 5) is 19.7. The fourth-order valence-corrected chi connectivity index (χ4v) is 5.40. The van der Waals surface area contributed by atoms with Gasteiger partial charge in [-0.2, -0.15) is 0 Å². The molecule has 3 aromatic carbocycles. The molecule has 0 bridgehead atoms. The van der Waals surface area contributed by atoms with E-state index in [0.29, 0.717) is 5.75 Å². The highest BCUT2D eigenvalue weighted by atomic mass is 32.2. The molecule has 176 valence electrons. The van der Waals surface area contributed by atoms with Gasteiger partial charge in [-0.3, -0.25) is 4.79 Å². The van der Waals surface area contributed by atoms with Crippen LogP contribution in [-0.2, 0) is 4.79 Å². The maximum Gasteiger partial charge on any atom is 0.237 e. The molecule has 0 aromatic heterocycles. The summed E-state index contributed by atoms with van der Waals surface area (Å²) in [5.74, 6) is 0.365. The van der Waals surface area contributed by atoms with Crippen molar-refractivity contribution in [3.8, 4) is 0 Å². The number of anilines is 1. The molecule has 1 amide bonds. The summed E-state index contributed by atoms with van der Waals surface area (Å²) < 4.78 is 0. The Bertz CT molecular complexity index is 1270. The lowest BCUT2D eigenvalue weighted by Gasteiger charge is -2.33. The molecule has 1 heterocycles. The fraction of sp³-hybridized carbons (Fsp3) is 0.200. The number of amidine groups is 1. The first kappa shape index (κ1) is 23.2. The summed E-state index contributed by atoms with van der Waals surface area (Å²) in [6.45, 7) is 0. The minimum absolute atomic E-state index is 0.0311. The van der Waals surface area contributed by atoms with Gasteiger partial charge in [0, 0.05) is 18.4 Å². The number of para-hydroxylation sites is 1. The molecule has 5 heteroatoms. The third-order valence-corrected chi connectivity index (χ3v) is 7.32. The minimum Gasteiger partial charge on any atom is -0.335 e. The lowest BCUT2D eigenvalue weighted by atomic mass is 9.84. The Morgan fingerprint density at radius 1 is 0.971 bits per heavy atom. The lowest BCUT2D eigenvalue weighted by Crippen LogP contribution is -2.33. The molecule has 3 aromatic rings. The molecule has 5 rings (SSSR count). The van der Waals surface area contributed by atoms with Crippen LogP contribution >= 0.6 is 11.8 Å². The number of carbonyl (C=O) groups is 1. The second kappa shape index (κ2) is 10.8. The van der Waals surface area contributed by atoms with E-state index in [4.69, 9.17) is 4.99 Å². The van der Waals surface area contributed by atoms with E-state index in [1.807, 2.05) is 49.5 Å². The zero-order valence-corrected chi connectivity index (χ0v) is 20.7. The number of amides is 1. The molecule has 0 fully saturated rings. The van der Waals surface area contributed by atoms with E-state index in [1.54, 1.807) is 4.90 Å². The summed E-state index contributed by atoms with van der Waals surface area (Å²) in [5, 5.41) is 4.41. The van der Waals surface area contributed by atoms with E-state index in [2.05, 4.69) is 59.9 Å². The monoisotopic (exact) mass is 479 g/mol. The Kier molecular flexibility index (Phi) is 7.15. The summed E-state index contributed by atoms with van der Waals surface area (Å²) in [6.07, 6.45) is 5.44. The molecule has 1 aliphatic carbocycles. The SMILES string of the molecule is CN(C(=O)CSC1=NC(c2ccccc2)C2=C(N1)C(=Cc1ccccc1)CCC2)c1ccccc1. The number of benzene rings is 3. The number of hydrogen-bond acceptors (Lipinski definition) is 4. The van der Waals surface area contributed by atoms with Crippen LogP contribution in [0.1, 0.15) is 36.4 Å². The highest BCUT2D eigenvalue weighted by Gasteiger charge is 2.30. The average molecular weight is 480 g/mol. The largest absolute Gasteiger partial charge is 0.335 e. The highest BCUT2D eigenvalue weighted by molar-refractivity contribution is 8.14. The molecule has 2 aliphatic rings. The number of aliphatic imine (C=N–C) groups is 1. The topological polar surface area (TPSA) is 44.7 Å². The maximum absolute atomic E-state index is 12.9. The normalized spacial score (nSPS) is 18.5. The smallest absolute Gasteiger partial charge is 0.237 e. The molecule has 1 aliphatic heterocycles. The van der Waals surface area contributed by atoms with Crippen LogP contribution in [0.4, 0.5) is 5.69 Å². The van der Waals surface area contributed by atoms with Crippen LogP contribution in [-0.4, -0.2) is 23.9 Å². The first-order valence-electron chi connectivity index (χ1n) is 12.0. The first-order chi connectivity index (χ1) is 17.2. The Hall–Kier alpha value is -3.57. The van der Waals surface area contributed by atoms with Crippen LogP contribution in [0.25, 0.3) is 6.08 Å². The summed E-state index contributed by atoms with van der Waals surface area (Å²) in [7, 11) is 1.82. The van der Waals surface area contributed by atoms with Crippen molar-refractivity contribution in [3.05, 3.63) is 119 Å². The standard InChI is InChI=1S/C30H29N3OS/c1-33(25-17-9-4-10-18-25)27(34)21-35-30-31-28(23-14-7-3-8-15-23)26-19-11-16-24(29(26)32-30)20-22-12-5-2-6-13-22/h2-10,12-15,17-18,20,28H,11,16,19,21H2,1H3,(H,31,32). The third kappa shape index (κ3) is 5.41. The van der Waals surface area contributed by atoms with Gasteiger partial charge in [0.2, 0.25) is 5.91 Å². The molecule has 1 atom stereocenters. The molecule has 0 saturated carbocycles. The van der Waals surface area contributed by atoms with Crippen molar-refractivity contribution in [2.45, 2.75) is 25.3 Å². The number of carbonyl (C=O) groups excluding carboxylic acids is 1. The summed E-state index contributed by atoms with van der Waals surface area (Å²) in [5.41, 5.74) is 7.10. The third-order valence-electron chi connectivity index (χ3n) is 6.45. The van der Waals surface area contributed by atoms with Crippen molar-refractivity contribution in [1.29, 1.82) is 0 Å². The quantitative estimate of drug-likeness (QED) is 0.448. The molecular formula is C30H29N3OS. The number of hydrogen-bond donors (Lipinski definition) is 1. The van der Waals surface area contributed by atoms with Crippen LogP contribution in [0.2, 0.25) is 0 Å². The second-order valence-electron chi connectivity index (χ2n) is 8.78. The van der Waals surface area contributed by atoms with E-state index in [1.165, 1.54) is 39.7 Å². The molecule has 1 unspecified atom stereocenters. The number of rotatable bonds is 5. The van der Waals surface area contributed by atoms with Gasteiger partial charge in [-0.05, 0) is 59.7 Å². The number of nitrogens with one attached hydrogen (secondary N) is 1. The highest BCUT2D eigenvalue weighted by Crippen LogP contribution is 2.41. The van der Waals surface area contributed by atoms with E-state index in [-0.39, 0.29) is 11.9 Å². The van der Waals surface area contributed by atoms with Gasteiger partial charge < -0.3 is 10.2 Å². The number of thioether (sulfide) groups is 1. The fourth-order valence-electron chi connectivity index (χ4n) is 4.60. The zero-order chi connectivity index (χ0) is 24.0. The van der Waals surface area contributed by atoms with Gasteiger partial charge in [0.1, 0.15) is 6.04 Å². The van der Waals surface area contributed by atoms with Gasteiger partial charge in [0.15, 0.2) is 5.17 Å². The van der Waals surface area contributed by atoms with Gasteiger partial charge in [-0.25, -0.2) is 4.99 Å². The van der Waals surface area contributed by atoms with Gasteiger partial charge in [0.25, 0.3) is 0 Å². The predicted molar refractivity (Wildman–Crippen MR) is 147 cm³/mol. The Labute approximate surface area is 211 Å². The molecule has 4 nitrogen and oxygen atoms in total. The van der Waals surface area contributed by atoms with E-state index in [9.17, 15) is 4.79 Å². The van der Waals surface area contributed by atoms with E-state index in [0.717, 1.165) is 30.1 Å². The van der Waals surface area contributed by atoms with Crippen LogP contribution in [0, 0.1) is 0 Å². The predicted octanol–water partition coefficient (Wildman–Crippen LogP) is 6.60. The van der Waals surface area contributed by atoms with Crippen molar-refractivity contribution in [2.75, 3.05) is 17.7 Å². The van der Waals surface area contributed by atoms with Crippen molar-refractivity contribution in [1.82, 2.24) is 5.32 Å². The van der Waals surface area contributed by atoms with Crippen LogP contribution in [0.3, 0.4) is 0 Å². The molecular weight excluding hydrogens is 450 g/mol. The van der Waals surface area contributed by atoms with E-state index >= 15 is 0 Å². The molecule has 35 heavy (non-hydrogen) atoms.